The minimum atomic E-state index is -0.379. The summed E-state index contributed by atoms with van der Waals surface area (Å²) in [6.07, 6.45) is 5.64. The number of nitrogens with zero attached hydrogens (tertiary/aromatic N) is 4. The Morgan fingerprint density at radius 3 is 2.82 bits per heavy atom. The van der Waals surface area contributed by atoms with E-state index in [9.17, 15) is 0 Å². The van der Waals surface area contributed by atoms with Crippen LogP contribution in [-0.2, 0) is 6.54 Å². The van der Waals surface area contributed by atoms with Gasteiger partial charge in [-0.1, -0.05) is 49.3 Å². The predicted molar refractivity (Wildman–Crippen MR) is 119 cm³/mol. The lowest BCUT2D eigenvalue weighted by Gasteiger charge is -2.39. The van der Waals surface area contributed by atoms with Crippen molar-refractivity contribution in [1.29, 1.82) is 0 Å². The lowest BCUT2D eigenvalue weighted by atomic mass is 9.87. The first-order chi connectivity index (χ1) is 13.4. The van der Waals surface area contributed by atoms with E-state index in [1.165, 1.54) is 0 Å². The van der Waals surface area contributed by atoms with Crippen molar-refractivity contribution in [2.45, 2.75) is 43.1 Å². The van der Waals surface area contributed by atoms with Crippen LogP contribution in [-0.4, -0.2) is 39.5 Å². The molecule has 1 aliphatic rings. The average molecular weight is 416 g/mol. The van der Waals surface area contributed by atoms with Gasteiger partial charge in [-0.05, 0) is 42.7 Å². The van der Waals surface area contributed by atoms with Gasteiger partial charge in [-0.3, -0.25) is 15.0 Å². The number of pyridine rings is 1. The number of hydrogen-bond donors (Lipinski definition) is 1. The number of halogens is 1. The number of benzene rings is 1. The fraction of sp³-hybridized carbons (Fsp3) is 0.381. The van der Waals surface area contributed by atoms with Crippen LogP contribution in [0.3, 0.4) is 0 Å². The Morgan fingerprint density at radius 1 is 1.36 bits per heavy atom. The molecule has 2 unspecified atom stereocenters. The first-order valence-corrected chi connectivity index (χ1v) is 10.6. The minimum Gasteiger partial charge on any atom is -0.388 e. The predicted octanol–water partition coefficient (Wildman–Crippen LogP) is 4.47. The quantitative estimate of drug-likeness (QED) is 0.535. The molecule has 0 saturated carbocycles. The minimum absolute atomic E-state index is 0.0641. The number of aromatic nitrogens is 1. The Morgan fingerprint density at radius 2 is 2.18 bits per heavy atom. The summed E-state index contributed by atoms with van der Waals surface area (Å²) in [7, 11) is 0. The van der Waals surface area contributed by atoms with Gasteiger partial charge in [0.25, 0.3) is 0 Å². The van der Waals surface area contributed by atoms with Crippen molar-refractivity contribution in [2.24, 2.45) is 21.6 Å². The van der Waals surface area contributed by atoms with Gasteiger partial charge in [0.15, 0.2) is 0 Å². The topological polar surface area (TPSA) is 66.9 Å². The van der Waals surface area contributed by atoms with Crippen molar-refractivity contribution < 1.29 is 0 Å². The maximum absolute atomic E-state index is 6.23. The van der Waals surface area contributed by atoms with E-state index in [1.807, 2.05) is 43.7 Å². The molecule has 2 atom stereocenters. The molecule has 0 amide bonds. The molecule has 3 rings (SSSR count). The fourth-order valence-electron chi connectivity index (χ4n) is 3.25. The molecule has 2 heterocycles. The van der Waals surface area contributed by atoms with Gasteiger partial charge in [-0.2, -0.15) is 0 Å². The molecule has 2 N–H and O–H groups in total. The van der Waals surface area contributed by atoms with Crippen LogP contribution >= 0.6 is 23.4 Å². The number of hydrogen-bond acceptors (Lipinski definition) is 5. The molecule has 1 aromatic heterocycles. The summed E-state index contributed by atoms with van der Waals surface area (Å²) >= 11 is 7.99. The van der Waals surface area contributed by atoms with Crippen molar-refractivity contribution in [3.05, 3.63) is 59.4 Å². The molecule has 0 radical (unpaired) electrons. The number of nitrogens with two attached hydrogens (primary N) is 1. The molecule has 148 valence electrons. The molecule has 1 aliphatic heterocycles. The Kier molecular flexibility index (Phi) is 6.62. The summed E-state index contributed by atoms with van der Waals surface area (Å²) in [6, 6.07) is 12.0. The smallest absolute Gasteiger partial charge is 0.114 e. The summed E-state index contributed by atoms with van der Waals surface area (Å²) in [5.41, 5.74) is 6.62. The van der Waals surface area contributed by atoms with E-state index in [-0.39, 0.29) is 16.8 Å². The highest BCUT2D eigenvalue weighted by Crippen LogP contribution is 2.43. The molecule has 7 heteroatoms. The monoisotopic (exact) mass is 415 g/mol. The van der Waals surface area contributed by atoms with Crippen LogP contribution in [0.2, 0.25) is 5.02 Å². The number of amidine groups is 1. The molecular weight excluding hydrogens is 390 g/mol. The summed E-state index contributed by atoms with van der Waals surface area (Å²) in [6.45, 7) is 7.48. The molecule has 0 saturated heterocycles. The Bertz CT molecular complexity index is 851. The van der Waals surface area contributed by atoms with Gasteiger partial charge < -0.3 is 10.6 Å². The van der Waals surface area contributed by atoms with Crippen LogP contribution < -0.4 is 5.73 Å². The zero-order chi connectivity index (χ0) is 20.1. The fourth-order valence-corrected chi connectivity index (χ4v) is 4.99. The van der Waals surface area contributed by atoms with E-state index in [0.29, 0.717) is 12.4 Å². The summed E-state index contributed by atoms with van der Waals surface area (Å²) < 4.78 is 0. The zero-order valence-corrected chi connectivity index (χ0v) is 18.0. The summed E-state index contributed by atoms with van der Waals surface area (Å²) in [5.74, 6) is 0.856. The van der Waals surface area contributed by atoms with Gasteiger partial charge in [0.05, 0.1) is 18.7 Å². The second-order valence-electron chi connectivity index (χ2n) is 7.31. The second kappa shape index (κ2) is 8.97. The summed E-state index contributed by atoms with van der Waals surface area (Å²) in [4.78, 5) is 17.2. The third kappa shape index (κ3) is 4.67. The van der Waals surface area contributed by atoms with Crippen molar-refractivity contribution in [1.82, 2.24) is 9.88 Å². The maximum Gasteiger partial charge on any atom is 0.114 e. The molecule has 2 aromatic rings. The van der Waals surface area contributed by atoms with Gasteiger partial charge in [0.1, 0.15) is 10.9 Å². The molecular formula is C21H26ClN5S. The molecule has 28 heavy (non-hydrogen) atoms. The lowest BCUT2D eigenvalue weighted by Crippen LogP contribution is -2.49. The van der Waals surface area contributed by atoms with E-state index < -0.39 is 0 Å². The van der Waals surface area contributed by atoms with Crippen LogP contribution in [0, 0.1) is 5.92 Å². The van der Waals surface area contributed by atoms with Crippen LogP contribution in [0.4, 0.5) is 0 Å². The largest absolute Gasteiger partial charge is 0.388 e. The molecule has 1 aromatic carbocycles. The average Bonchev–Trinajstić information content (AvgIpc) is 2.99. The molecule has 0 spiro atoms. The normalized spacial score (nSPS) is 22.2. The highest BCUT2D eigenvalue weighted by atomic mass is 35.5. The Hall–Kier alpha value is -2.05. The standard InChI is InChI=1S/C21H26ClN5S/c1-15(2)21(13-25-16(3)23)20(28-19-8-4-7-18(22)10-19)27(14-26-21)12-17-6-5-9-24-11-17/h4-11,14-15,20H,12-13H2,1-3H3,(H2,23,25). The first-order valence-electron chi connectivity index (χ1n) is 9.29. The van der Waals surface area contributed by atoms with E-state index in [1.54, 1.807) is 18.0 Å². The van der Waals surface area contributed by atoms with E-state index in [4.69, 9.17) is 22.3 Å². The lowest BCUT2D eigenvalue weighted by molar-refractivity contribution is 0.249. The highest BCUT2D eigenvalue weighted by Gasteiger charge is 2.48. The van der Waals surface area contributed by atoms with Gasteiger partial charge >= 0.3 is 0 Å². The second-order valence-corrected chi connectivity index (χ2v) is 8.90. The van der Waals surface area contributed by atoms with Crippen LogP contribution in [0.5, 0.6) is 0 Å². The van der Waals surface area contributed by atoms with E-state index in [0.717, 1.165) is 22.0 Å². The SMILES string of the molecule is CC(N)=NCC1(C(C)C)N=CN(Cc2cccnc2)C1Sc1cccc(Cl)c1. The molecule has 0 bridgehead atoms. The van der Waals surface area contributed by atoms with Crippen molar-refractivity contribution in [2.75, 3.05) is 6.54 Å². The van der Waals surface area contributed by atoms with Crippen molar-refractivity contribution in [3.63, 3.8) is 0 Å². The Balaban J connectivity index is 1.95. The zero-order valence-electron chi connectivity index (χ0n) is 16.4. The number of rotatable bonds is 7. The van der Waals surface area contributed by atoms with E-state index in [2.05, 4.69) is 40.9 Å². The van der Waals surface area contributed by atoms with Gasteiger partial charge in [-0.15, -0.1) is 0 Å². The maximum atomic E-state index is 6.23. The van der Waals surface area contributed by atoms with Crippen LogP contribution in [0.1, 0.15) is 26.3 Å². The first kappa shape index (κ1) is 20.7. The molecule has 5 nitrogen and oxygen atoms in total. The summed E-state index contributed by atoms with van der Waals surface area (Å²) in [5, 5.41) is 0.794. The highest BCUT2D eigenvalue weighted by molar-refractivity contribution is 8.00. The molecule has 0 fully saturated rings. The van der Waals surface area contributed by atoms with Crippen molar-refractivity contribution >= 4 is 35.5 Å². The van der Waals surface area contributed by atoms with Gasteiger partial charge in [-0.25, -0.2) is 0 Å². The van der Waals surface area contributed by atoms with E-state index >= 15 is 0 Å². The molecule has 0 aliphatic carbocycles. The van der Waals surface area contributed by atoms with Gasteiger partial charge in [0.2, 0.25) is 0 Å². The van der Waals surface area contributed by atoms with Crippen LogP contribution in [0.25, 0.3) is 0 Å². The number of aliphatic imine (C=N–C) groups is 2. The third-order valence-corrected chi connectivity index (χ3v) is 6.55. The third-order valence-electron chi connectivity index (χ3n) is 4.89. The van der Waals surface area contributed by atoms with Gasteiger partial charge in [0, 0.05) is 28.9 Å². The number of thioether (sulfide) groups is 1. The van der Waals surface area contributed by atoms with Crippen molar-refractivity contribution in [3.8, 4) is 0 Å². The van der Waals surface area contributed by atoms with Crippen LogP contribution in [0.15, 0.2) is 63.7 Å². The Labute approximate surface area is 176 Å².